The predicted octanol–water partition coefficient (Wildman–Crippen LogP) is 0.203. The summed E-state index contributed by atoms with van der Waals surface area (Å²) in [7, 11) is 4.35. The van der Waals surface area contributed by atoms with Crippen molar-refractivity contribution in [3.63, 3.8) is 0 Å². The molecule has 0 spiro atoms. The van der Waals surface area contributed by atoms with E-state index in [2.05, 4.69) is 5.32 Å². The van der Waals surface area contributed by atoms with E-state index in [1.807, 2.05) is 0 Å². The van der Waals surface area contributed by atoms with E-state index < -0.39 is 36.0 Å². The summed E-state index contributed by atoms with van der Waals surface area (Å²) < 4.78 is 44.1. The van der Waals surface area contributed by atoms with E-state index in [1.54, 1.807) is 14.1 Å². The van der Waals surface area contributed by atoms with Crippen LogP contribution >= 0.6 is 11.8 Å². The fourth-order valence-electron chi connectivity index (χ4n) is 1.96. The number of aliphatic hydroxyl groups is 2. The van der Waals surface area contributed by atoms with Gasteiger partial charge in [-0.2, -0.15) is 13.2 Å². The van der Waals surface area contributed by atoms with Gasteiger partial charge in [0.25, 0.3) is 0 Å². The van der Waals surface area contributed by atoms with E-state index >= 15 is 0 Å². The van der Waals surface area contributed by atoms with Crippen molar-refractivity contribution in [1.82, 2.24) is 10.2 Å². The number of hydrogen-bond acceptors (Lipinski definition) is 6. The number of thioether (sulfide) groups is 1. The Labute approximate surface area is 125 Å². The topological polar surface area (TPSA) is 88.8 Å². The van der Waals surface area contributed by atoms with Crippen molar-refractivity contribution in [1.29, 1.82) is 5.41 Å². The predicted molar refractivity (Wildman–Crippen MR) is 73.2 cm³/mol. The average Bonchev–Trinajstić information content (AvgIpc) is 2.33. The molecule has 1 aliphatic rings. The average molecular weight is 331 g/mol. The summed E-state index contributed by atoms with van der Waals surface area (Å²) in [5.41, 5.74) is -0.832. The van der Waals surface area contributed by atoms with Crippen LogP contribution in [-0.4, -0.2) is 77.4 Å². The minimum atomic E-state index is -4.62. The maximum Gasteiger partial charge on any atom is 0.406 e. The number of hydrogen-bond donors (Lipinski definition) is 4. The van der Waals surface area contributed by atoms with Gasteiger partial charge in [0.2, 0.25) is 0 Å². The van der Waals surface area contributed by atoms with Gasteiger partial charge in [0.05, 0.1) is 6.10 Å². The van der Waals surface area contributed by atoms with Crippen LogP contribution in [0.2, 0.25) is 0 Å². The van der Waals surface area contributed by atoms with Gasteiger partial charge < -0.3 is 25.2 Å². The van der Waals surface area contributed by atoms with Crippen molar-refractivity contribution in [3.8, 4) is 0 Å². The molecular formula is C11H20F3N3O3S. The molecule has 1 fully saturated rings. The number of halogens is 3. The van der Waals surface area contributed by atoms with Crippen LogP contribution in [0.3, 0.4) is 0 Å². The minimum Gasteiger partial charge on any atom is -0.390 e. The van der Waals surface area contributed by atoms with Gasteiger partial charge in [0.1, 0.15) is 23.7 Å². The first-order valence-electron chi connectivity index (χ1n) is 6.26. The van der Waals surface area contributed by atoms with Crippen molar-refractivity contribution in [2.75, 3.05) is 21.1 Å². The lowest BCUT2D eigenvalue weighted by Crippen LogP contribution is -2.60. The Morgan fingerprint density at radius 3 is 2.43 bits per heavy atom. The maximum absolute atomic E-state index is 12.9. The van der Waals surface area contributed by atoms with Gasteiger partial charge in [0, 0.05) is 20.5 Å². The van der Waals surface area contributed by atoms with E-state index in [4.69, 9.17) is 10.1 Å². The van der Waals surface area contributed by atoms with Gasteiger partial charge in [-0.05, 0) is 7.05 Å². The Hall–Kier alpha value is -0.550. The summed E-state index contributed by atoms with van der Waals surface area (Å²) in [4.78, 5) is 1.47. The fraction of sp³-hybridized carbons (Fsp3) is 0.909. The first kappa shape index (κ1) is 18.5. The van der Waals surface area contributed by atoms with E-state index in [-0.39, 0.29) is 11.6 Å². The summed E-state index contributed by atoms with van der Waals surface area (Å²) in [6.07, 6.45) is -9.29. The monoisotopic (exact) mass is 331 g/mol. The summed E-state index contributed by atoms with van der Waals surface area (Å²) in [5, 5.41) is 29.4. The summed E-state index contributed by atoms with van der Waals surface area (Å²) in [6, 6.07) is -2.10. The molecule has 4 N–H and O–H groups in total. The molecule has 21 heavy (non-hydrogen) atoms. The van der Waals surface area contributed by atoms with Crippen LogP contribution in [0.4, 0.5) is 13.2 Å². The van der Waals surface area contributed by atoms with E-state index in [0.29, 0.717) is 0 Å². The Morgan fingerprint density at radius 1 is 1.43 bits per heavy atom. The maximum atomic E-state index is 12.9. The third-order valence-electron chi connectivity index (χ3n) is 3.12. The number of likely N-dealkylation sites (N-methyl/N-ethyl adjacent to an activating group) is 1. The lowest BCUT2D eigenvalue weighted by Gasteiger charge is -2.41. The fourth-order valence-corrected chi connectivity index (χ4v) is 2.90. The van der Waals surface area contributed by atoms with E-state index in [9.17, 15) is 23.4 Å². The normalized spacial score (nSPS) is 31.8. The van der Waals surface area contributed by atoms with Gasteiger partial charge in [-0.15, -0.1) is 0 Å². The standard InChI is InChI=1S/C11H20F3N3O3S/c1-16-9(11(12,13)14)8-7(19)5(18)4-6(20-8)21-10(15)17(2)3/h5-9,15-16,18-19H,4H2,1-3H3. The Morgan fingerprint density at radius 2 is 2.00 bits per heavy atom. The van der Waals surface area contributed by atoms with Crippen LogP contribution in [-0.2, 0) is 4.74 Å². The highest BCUT2D eigenvalue weighted by atomic mass is 32.2. The summed E-state index contributed by atoms with van der Waals surface area (Å²) in [6.45, 7) is 0. The van der Waals surface area contributed by atoms with Gasteiger partial charge in [0.15, 0.2) is 5.17 Å². The van der Waals surface area contributed by atoms with Gasteiger partial charge in [-0.3, -0.25) is 5.41 Å². The number of ether oxygens (including phenoxy) is 1. The highest BCUT2D eigenvalue weighted by Gasteiger charge is 2.51. The number of rotatable bonds is 3. The number of amidine groups is 1. The molecule has 1 rings (SSSR count). The van der Waals surface area contributed by atoms with Crippen LogP contribution in [0.5, 0.6) is 0 Å². The molecule has 1 saturated heterocycles. The Balaban J connectivity index is 2.85. The second kappa shape index (κ2) is 7.14. The highest BCUT2D eigenvalue weighted by molar-refractivity contribution is 8.14. The zero-order valence-electron chi connectivity index (χ0n) is 11.9. The molecule has 1 aliphatic heterocycles. The van der Waals surface area contributed by atoms with Crippen LogP contribution in [0.1, 0.15) is 6.42 Å². The van der Waals surface area contributed by atoms with Crippen molar-refractivity contribution >= 4 is 16.9 Å². The van der Waals surface area contributed by atoms with Gasteiger partial charge in [-0.1, -0.05) is 11.8 Å². The molecule has 0 radical (unpaired) electrons. The molecule has 0 aromatic rings. The number of aliphatic hydroxyl groups excluding tert-OH is 2. The van der Waals surface area contributed by atoms with Crippen molar-refractivity contribution in [2.24, 2.45) is 0 Å². The molecule has 0 saturated carbocycles. The molecule has 124 valence electrons. The first-order chi connectivity index (χ1) is 9.57. The zero-order valence-corrected chi connectivity index (χ0v) is 12.7. The quantitative estimate of drug-likeness (QED) is 0.437. The molecule has 0 aromatic carbocycles. The largest absolute Gasteiger partial charge is 0.406 e. The third-order valence-corrected chi connectivity index (χ3v) is 4.27. The number of alkyl halides is 3. The first-order valence-corrected chi connectivity index (χ1v) is 7.14. The van der Waals surface area contributed by atoms with Gasteiger partial charge >= 0.3 is 6.18 Å². The molecule has 10 heteroatoms. The molecule has 0 amide bonds. The second-order valence-corrected chi connectivity index (χ2v) is 6.10. The summed E-state index contributed by atoms with van der Waals surface area (Å²) >= 11 is 0.897. The van der Waals surface area contributed by atoms with Crippen molar-refractivity contribution in [3.05, 3.63) is 0 Å². The van der Waals surface area contributed by atoms with Crippen LogP contribution in [0.15, 0.2) is 0 Å². The SMILES string of the molecule is CNC(C1OC(SC(=N)N(C)C)CC(O)C1O)C(F)(F)F. The van der Waals surface area contributed by atoms with Crippen molar-refractivity contribution in [2.45, 2.75) is 42.4 Å². The molecule has 0 aromatic heterocycles. The Bertz CT molecular complexity index is 370. The van der Waals surface area contributed by atoms with Crippen molar-refractivity contribution < 1.29 is 28.1 Å². The zero-order chi connectivity index (χ0) is 16.4. The molecular weight excluding hydrogens is 311 g/mol. The minimum absolute atomic E-state index is 0.0488. The Kier molecular flexibility index (Phi) is 6.29. The molecule has 0 bridgehead atoms. The molecule has 5 atom stereocenters. The molecule has 6 nitrogen and oxygen atoms in total. The smallest absolute Gasteiger partial charge is 0.390 e. The lowest BCUT2D eigenvalue weighted by molar-refractivity contribution is -0.225. The molecule has 5 unspecified atom stereocenters. The van der Waals surface area contributed by atoms with Crippen LogP contribution in [0, 0.1) is 5.41 Å². The third kappa shape index (κ3) is 4.71. The van der Waals surface area contributed by atoms with Crippen LogP contribution in [0.25, 0.3) is 0 Å². The van der Waals surface area contributed by atoms with Gasteiger partial charge in [-0.25, -0.2) is 0 Å². The van der Waals surface area contributed by atoms with E-state index in [0.717, 1.165) is 18.8 Å². The molecule has 1 heterocycles. The second-order valence-electron chi connectivity index (χ2n) is 4.95. The lowest BCUT2D eigenvalue weighted by atomic mass is 9.96. The summed E-state index contributed by atoms with van der Waals surface area (Å²) in [5.74, 6) is 0. The molecule has 0 aliphatic carbocycles. The highest BCUT2D eigenvalue weighted by Crippen LogP contribution is 2.34. The van der Waals surface area contributed by atoms with E-state index in [1.165, 1.54) is 4.90 Å². The number of nitrogens with zero attached hydrogens (tertiary/aromatic N) is 1. The number of nitrogens with one attached hydrogen (secondary N) is 2. The van der Waals surface area contributed by atoms with Crippen LogP contribution < -0.4 is 5.32 Å².